The Morgan fingerprint density at radius 3 is 1.68 bits per heavy atom. The van der Waals surface area contributed by atoms with E-state index in [0.29, 0.717) is 25.8 Å². The van der Waals surface area contributed by atoms with Crippen molar-refractivity contribution in [1.29, 1.82) is 0 Å². The van der Waals surface area contributed by atoms with Gasteiger partial charge in [-0.05, 0) is 73.7 Å². The highest BCUT2D eigenvalue weighted by Crippen LogP contribution is 2.38. The van der Waals surface area contributed by atoms with Crippen molar-refractivity contribution < 1.29 is 18.7 Å². The molecule has 0 bridgehead atoms. The lowest BCUT2D eigenvalue weighted by atomic mass is 9.95. The SMILES string of the molecule is Cc1nc(OCC(CO[Si](C)(C)C(C)(C)C)CO[Si](C)(C)C(C)(C)C)nc(C)c1-c1cccc(CO)c1C. The first-order valence-corrected chi connectivity index (χ1v) is 19.6. The number of ether oxygens (including phenoxy) is 1. The summed E-state index contributed by atoms with van der Waals surface area (Å²) in [6.45, 7) is 30.3. The molecular weight excluding hydrogens is 509 g/mol. The van der Waals surface area contributed by atoms with Crippen LogP contribution in [0.4, 0.5) is 0 Å². The molecule has 0 saturated carbocycles. The molecule has 2 rings (SSSR count). The minimum atomic E-state index is -1.91. The van der Waals surface area contributed by atoms with E-state index in [1.165, 1.54) is 0 Å². The molecule has 0 aliphatic heterocycles. The zero-order valence-electron chi connectivity index (χ0n) is 26.2. The summed E-state index contributed by atoms with van der Waals surface area (Å²) in [5.74, 6) is 0.0746. The second-order valence-electron chi connectivity index (χ2n) is 13.6. The second kappa shape index (κ2) is 12.3. The molecule has 1 heterocycles. The van der Waals surface area contributed by atoms with Crippen LogP contribution in [-0.4, -0.2) is 51.5 Å². The summed E-state index contributed by atoms with van der Waals surface area (Å²) < 4.78 is 19.4. The van der Waals surface area contributed by atoms with Gasteiger partial charge in [0.25, 0.3) is 0 Å². The first-order chi connectivity index (χ1) is 17.3. The Morgan fingerprint density at radius 2 is 1.26 bits per heavy atom. The molecule has 0 aliphatic carbocycles. The lowest BCUT2D eigenvalue weighted by molar-refractivity contribution is 0.109. The van der Waals surface area contributed by atoms with Crippen molar-refractivity contribution in [3.63, 3.8) is 0 Å². The average Bonchev–Trinajstić information content (AvgIpc) is 2.77. The molecule has 0 spiro atoms. The summed E-state index contributed by atoms with van der Waals surface area (Å²) in [5.41, 5.74) is 5.71. The van der Waals surface area contributed by atoms with Crippen molar-refractivity contribution in [3.05, 3.63) is 40.7 Å². The van der Waals surface area contributed by atoms with Gasteiger partial charge in [-0.2, -0.15) is 9.97 Å². The number of aliphatic hydroxyl groups is 1. The summed E-state index contributed by atoms with van der Waals surface area (Å²) in [6, 6.07) is 6.34. The maximum Gasteiger partial charge on any atom is 0.316 e. The number of rotatable bonds is 11. The molecule has 1 aromatic carbocycles. The van der Waals surface area contributed by atoms with Crippen molar-refractivity contribution in [2.45, 2.75) is 105 Å². The molecule has 0 fully saturated rings. The van der Waals surface area contributed by atoms with Crippen molar-refractivity contribution in [3.8, 4) is 17.1 Å². The molecule has 38 heavy (non-hydrogen) atoms. The standard InChI is InChI=1S/C30H52N2O4Si2/c1-21-25(17-33)15-14-16-26(21)27-22(2)31-28(32-23(27)3)34-18-24(19-35-37(10,11)29(4,5)6)20-36-38(12,13)30(7,8)9/h14-16,24,33H,17-20H2,1-13H3. The number of hydrogen-bond acceptors (Lipinski definition) is 6. The average molecular weight is 561 g/mol. The molecule has 8 heteroatoms. The van der Waals surface area contributed by atoms with E-state index in [0.717, 1.165) is 33.6 Å². The van der Waals surface area contributed by atoms with Gasteiger partial charge in [0, 0.05) is 24.7 Å². The van der Waals surface area contributed by atoms with Crippen LogP contribution in [0.3, 0.4) is 0 Å². The summed E-state index contributed by atoms with van der Waals surface area (Å²) >= 11 is 0. The Balaban J connectivity index is 2.25. The first kappa shape index (κ1) is 32.6. The van der Waals surface area contributed by atoms with Gasteiger partial charge in [-0.15, -0.1) is 0 Å². The predicted octanol–water partition coefficient (Wildman–Crippen LogP) is 7.60. The highest BCUT2D eigenvalue weighted by Gasteiger charge is 2.39. The number of nitrogens with zero attached hydrogens (tertiary/aromatic N) is 2. The van der Waals surface area contributed by atoms with E-state index in [-0.39, 0.29) is 22.6 Å². The highest BCUT2D eigenvalue weighted by molar-refractivity contribution is 6.74. The third-order valence-corrected chi connectivity index (χ3v) is 17.6. The Hall–Kier alpha value is -1.59. The fourth-order valence-corrected chi connectivity index (χ4v) is 5.86. The normalized spacial score (nSPS) is 13.3. The summed E-state index contributed by atoms with van der Waals surface area (Å²) in [7, 11) is -3.83. The molecule has 2 aromatic rings. The minimum absolute atomic E-state index is 0.00903. The maximum atomic E-state index is 9.70. The van der Waals surface area contributed by atoms with Crippen LogP contribution in [0.15, 0.2) is 18.2 Å². The lowest BCUT2D eigenvalue weighted by Gasteiger charge is -2.39. The van der Waals surface area contributed by atoms with Crippen LogP contribution in [0.2, 0.25) is 36.3 Å². The molecule has 0 unspecified atom stereocenters. The van der Waals surface area contributed by atoms with Gasteiger partial charge in [-0.25, -0.2) is 0 Å². The molecule has 1 N–H and O–H groups in total. The number of aryl methyl sites for hydroxylation is 2. The van der Waals surface area contributed by atoms with Crippen LogP contribution in [0.25, 0.3) is 11.1 Å². The van der Waals surface area contributed by atoms with E-state index < -0.39 is 16.6 Å². The van der Waals surface area contributed by atoms with Crippen molar-refractivity contribution in [2.75, 3.05) is 19.8 Å². The Labute approximate surface area is 233 Å². The molecule has 1 aromatic heterocycles. The molecule has 0 radical (unpaired) electrons. The summed E-state index contributed by atoms with van der Waals surface area (Å²) in [6.07, 6.45) is 0. The van der Waals surface area contributed by atoms with Crippen molar-refractivity contribution in [2.24, 2.45) is 5.92 Å². The first-order valence-electron chi connectivity index (χ1n) is 13.8. The fourth-order valence-electron chi connectivity index (χ4n) is 3.69. The van der Waals surface area contributed by atoms with Gasteiger partial charge in [0.05, 0.1) is 24.6 Å². The molecular formula is C30H52N2O4Si2. The van der Waals surface area contributed by atoms with E-state index in [2.05, 4.69) is 73.8 Å². The quantitative estimate of drug-likeness (QED) is 0.285. The molecule has 0 amide bonds. The fraction of sp³-hybridized carbons (Fsp3) is 0.667. The van der Waals surface area contributed by atoms with Gasteiger partial charge in [0.1, 0.15) is 0 Å². The smallest absolute Gasteiger partial charge is 0.316 e. The van der Waals surface area contributed by atoms with Gasteiger partial charge < -0.3 is 18.7 Å². The lowest BCUT2D eigenvalue weighted by Crippen LogP contribution is -2.45. The van der Waals surface area contributed by atoms with Crippen LogP contribution in [-0.2, 0) is 15.5 Å². The highest BCUT2D eigenvalue weighted by atomic mass is 28.4. The van der Waals surface area contributed by atoms with Crippen LogP contribution in [0, 0.1) is 26.7 Å². The van der Waals surface area contributed by atoms with Crippen molar-refractivity contribution >= 4 is 16.6 Å². The van der Waals surface area contributed by atoms with Crippen molar-refractivity contribution in [1.82, 2.24) is 9.97 Å². The van der Waals surface area contributed by atoms with Crippen LogP contribution < -0.4 is 4.74 Å². The topological polar surface area (TPSA) is 73.7 Å². The van der Waals surface area contributed by atoms with E-state index in [4.69, 9.17) is 23.6 Å². The van der Waals surface area contributed by atoms with Crippen LogP contribution in [0.5, 0.6) is 6.01 Å². The summed E-state index contributed by atoms with van der Waals surface area (Å²) in [4.78, 5) is 9.43. The molecule has 0 atom stereocenters. The molecule has 6 nitrogen and oxygen atoms in total. The van der Waals surface area contributed by atoms with E-state index >= 15 is 0 Å². The van der Waals surface area contributed by atoms with Crippen LogP contribution >= 0.6 is 0 Å². The Kier molecular flexibility index (Phi) is 10.6. The van der Waals surface area contributed by atoms with Crippen LogP contribution in [0.1, 0.15) is 64.1 Å². The largest absolute Gasteiger partial charge is 0.463 e. The maximum absolute atomic E-state index is 9.70. The number of aromatic nitrogens is 2. The molecule has 0 aliphatic rings. The number of hydrogen-bond donors (Lipinski definition) is 1. The minimum Gasteiger partial charge on any atom is -0.463 e. The third-order valence-electron chi connectivity index (χ3n) is 8.56. The van der Waals surface area contributed by atoms with E-state index in [1.54, 1.807) is 0 Å². The Morgan fingerprint density at radius 1 is 0.789 bits per heavy atom. The zero-order valence-corrected chi connectivity index (χ0v) is 28.2. The van der Waals surface area contributed by atoms with Gasteiger partial charge in [-0.3, -0.25) is 0 Å². The van der Waals surface area contributed by atoms with E-state index in [1.807, 2.05) is 32.9 Å². The summed E-state index contributed by atoms with van der Waals surface area (Å²) in [5, 5.41) is 9.98. The predicted molar refractivity (Wildman–Crippen MR) is 163 cm³/mol. The second-order valence-corrected chi connectivity index (χ2v) is 23.2. The third kappa shape index (κ3) is 7.97. The van der Waals surface area contributed by atoms with Gasteiger partial charge >= 0.3 is 6.01 Å². The van der Waals surface area contributed by atoms with Gasteiger partial charge in [-0.1, -0.05) is 59.7 Å². The zero-order chi connectivity index (χ0) is 29.1. The molecule has 0 saturated heterocycles. The van der Waals surface area contributed by atoms with Gasteiger partial charge in [0.15, 0.2) is 16.6 Å². The van der Waals surface area contributed by atoms with E-state index in [9.17, 15) is 5.11 Å². The molecule has 214 valence electrons. The monoisotopic (exact) mass is 560 g/mol. The van der Waals surface area contributed by atoms with Gasteiger partial charge in [0.2, 0.25) is 0 Å². The Bertz CT molecular complexity index is 1040. The number of aliphatic hydroxyl groups excluding tert-OH is 1. The number of benzene rings is 1.